The highest BCUT2D eigenvalue weighted by molar-refractivity contribution is 6.34. The van der Waals surface area contributed by atoms with Crippen molar-refractivity contribution >= 4 is 23.8 Å². The van der Waals surface area contributed by atoms with Gasteiger partial charge in [-0.1, -0.05) is 0 Å². The van der Waals surface area contributed by atoms with Crippen molar-refractivity contribution < 1.29 is 18.7 Å². The maximum absolute atomic E-state index is 9.84. The fraction of sp³-hybridized carbons (Fsp3) is 0. The summed E-state index contributed by atoms with van der Waals surface area (Å²) in [6.07, 6.45) is 0. The molecule has 0 aromatic rings. The van der Waals surface area contributed by atoms with Crippen molar-refractivity contribution in [2.75, 3.05) is 0 Å². The summed E-state index contributed by atoms with van der Waals surface area (Å²) >= 11 is 4.42. The number of hydrogen-bond acceptors (Lipinski definition) is 5. The van der Waals surface area contributed by atoms with Crippen LogP contribution in [-0.2, 0) is 18.7 Å². The van der Waals surface area contributed by atoms with Gasteiger partial charge in [0, 0.05) is 0 Å². The van der Waals surface area contributed by atoms with E-state index in [0.717, 1.165) is 0 Å². The smallest absolute Gasteiger partial charge is 0.365 e. The van der Waals surface area contributed by atoms with E-state index in [1.807, 2.05) is 0 Å². The molecule has 0 amide bonds. The summed E-state index contributed by atoms with van der Waals surface area (Å²) in [7, 11) is 0. The Morgan fingerprint density at radius 1 is 1.38 bits per heavy atom. The zero-order valence-electron chi connectivity index (χ0n) is 3.59. The lowest BCUT2D eigenvalue weighted by Crippen LogP contribution is -2.20. The van der Waals surface area contributed by atoms with Crippen LogP contribution in [0.15, 0.2) is 0 Å². The molecule has 0 fully saturated rings. The average molecular weight is 139 g/mol. The first-order valence-corrected chi connectivity index (χ1v) is 1.77. The molecule has 0 radical (unpaired) electrons. The first-order valence-electron chi connectivity index (χ1n) is 1.46. The van der Waals surface area contributed by atoms with Crippen LogP contribution >= 0.6 is 11.9 Å². The van der Waals surface area contributed by atoms with Gasteiger partial charge in [-0.2, -0.15) is 5.90 Å². The van der Waals surface area contributed by atoms with Gasteiger partial charge in [-0.3, -0.25) is 0 Å². The van der Waals surface area contributed by atoms with Crippen LogP contribution in [0.25, 0.3) is 0 Å². The van der Waals surface area contributed by atoms with E-state index < -0.39 is 11.9 Å². The van der Waals surface area contributed by atoms with E-state index in [-0.39, 0.29) is 0 Å². The summed E-state index contributed by atoms with van der Waals surface area (Å²) < 4.78 is 3.38. The molecule has 6 heteroatoms. The zero-order chi connectivity index (χ0) is 6.57. The minimum Gasteiger partial charge on any atom is -0.365 e. The molecular weight excluding hydrogens is 137 g/mol. The molecule has 0 rings (SSSR count). The Morgan fingerprint density at radius 2 is 1.88 bits per heavy atom. The van der Waals surface area contributed by atoms with E-state index in [1.54, 1.807) is 0 Å². The molecular formula is C2H2ClNO4. The van der Waals surface area contributed by atoms with Gasteiger partial charge in [0.1, 0.15) is 11.9 Å². The molecule has 0 aromatic heterocycles. The Balaban J connectivity index is 3.64. The molecule has 0 unspecified atom stereocenters. The van der Waals surface area contributed by atoms with E-state index in [2.05, 4.69) is 26.9 Å². The van der Waals surface area contributed by atoms with E-state index in [9.17, 15) is 9.59 Å². The van der Waals surface area contributed by atoms with Crippen LogP contribution in [0.4, 0.5) is 0 Å². The molecule has 46 valence electrons. The molecule has 0 bridgehead atoms. The number of carbonyl (C=O) groups excluding carboxylic acids is 2. The van der Waals surface area contributed by atoms with Crippen LogP contribution in [0.1, 0.15) is 0 Å². The molecule has 2 N–H and O–H groups in total. The Kier molecular flexibility index (Phi) is 2.90. The predicted molar refractivity (Wildman–Crippen MR) is 22.2 cm³/mol. The Hall–Kier alpha value is -0.810. The highest BCUT2D eigenvalue weighted by Gasteiger charge is 2.14. The van der Waals surface area contributed by atoms with Crippen molar-refractivity contribution in [1.82, 2.24) is 0 Å². The predicted octanol–water partition coefficient (Wildman–Crippen LogP) is -0.900. The number of halogens is 1. The zero-order valence-corrected chi connectivity index (χ0v) is 4.34. The summed E-state index contributed by atoms with van der Waals surface area (Å²) in [5.74, 6) is 1.57. The van der Waals surface area contributed by atoms with Gasteiger partial charge < -0.3 is 9.13 Å². The summed E-state index contributed by atoms with van der Waals surface area (Å²) in [6.45, 7) is 0. The van der Waals surface area contributed by atoms with Crippen LogP contribution < -0.4 is 5.90 Å². The molecule has 0 atom stereocenters. The standard InChI is InChI=1S/C2H2ClNO4/c3-7-1(5)2(6)8-4/h4H2. The van der Waals surface area contributed by atoms with Crippen molar-refractivity contribution in [2.24, 2.45) is 5.90 Å². The van der Waals surface area contributed by atoms with Crippen LogP contribution in [-0.4, -0.2) is 11.9 Å². The SMILES string of the molecule is NOC(=O)C(=O)OCl. The van der Waals surface area contributed by atoms with E-state index in [1.165, 1.54) is 0 Å². The van der Waals surface area contributed by atoms with Crippen molar-refractivity contribution in [3.8, 4) is 0 Å². The van der Waals surface area contributed by atoms with Crippen LogP contribution in [0.5, 0.6) is 0 Å². The minimum absolute atomic E-state index is 1.33. The van der Waals surface area contributed by atoms with Gasteiger partial charge >= 0.3 is 11.9 Å². The maximum Gasteiger partial charge on any atom is 0.437 e. The second-order valence-electron chi connectivity index (χ2n) is 0.770. The first kappa shape index (κ1) is 7.19. The summed E-state index contributed by atoms with van der Waals surface area (Å²) in [6, 6.07) is 0. The number of carbonyl (C=O) groups is 2. The van der Waals surface area contributed by atoms with Crippen molar-refractivity contribution in [3.05, 3.63) is 0 Å². The molecule has 0 aliphatic rings. The molecule has 0 heterocycles. The minimum atomic E-state index is -1.34. The average Bonchev–Trinajstić information content (AvgIpc) is 1.84. The molecule has 0 spiro atoms. The quantitative estimate of drug-likeness (QED) is 0.348. The second-order valence-corrected chi connectivity index (χ2v) is 0.924. The Bertz CT molecular complexity index is 98.6. The largest absolute Gasteiger partial charge is 0.437 e. The summed E-state index contributed by atoms with van der Waals surface area (Å²) in [5.41, 5.74) is 0. The molecule has 5 nitrogen and oxygen atoms in total. The lowest BCUT2D eigenvalue weighted by atomic mass is 10.7. The van der Waals surface area contributed by atoms with Crippen LogP contribution in [0, 0.1) is 0 Å². The highest BCUT2D eigenvalue weighted by Crippen LogP contribution is 1.82. The van der Waals surface area contributed by atoms with Gasteiger partial charge in [-0.25, -0.2) is 9.59 Å². The lowest BCUT2D eigenvalue weighted by molar-refractivity contribution is -0.162. The molecule has 8 heavy (non-hydrogen) atoms. The number of hydrogen-bond donors (Lipinski definition) is 1. The highest BCUT2D eigenvalue weighted by atomic mass is 35.5. The fourth-order valence-corrected chi connectivity index (χ4v) is 0.143. The van der Waals surface area contributed by atoms with Crippen LogP contribution in [0.3, 0.4) is 0 Å². The van der Waals surface area contributed by atoms with Gasteiger partial charge in [0.15, 0.2) is 0 Å². The van der Waals surface area contributed by atoms with Gasteiger partial charge in [0.05, 0.1) is 0 Å². The maximum atomic E-state index is 9.84. The third-order valence-electron chi connectivity index (χ3n) is 0.344. The van der Waals surface area contributed by atoms with E-state index in [4.69, 9.17) is 0 Å². The Morgan fingerprint density at radius 3 is 2.00 bits per heavy atom. The molecule has 0 aromatic carbocycles. The third-order valence-corrected chi connectivity index (χ3v) is 0.484. The third kappa shape index (κ3) is 1.76. The summed E-state index contributed by atoms with van der Waals surface area (Å²) in [4.78, 5) is 23.1. The van der Waals surface area contributed by atoms with E-state index >= 15 is 0 Å². The second kappa shape index (κ2) is 3.23. The molecule has 0 aliphatic carbocycles. The fourth-order valence-electron chi connectivity index (χ4n) is 0.0796. The molecule has 0 saturated carbocycles. The van der Waals surface area contributed by atoms with Gasteiger partial charge in [0.2, 0.25) is 0 Å². The van der Waals surface area contributed by atoms with Crippen molar-refractivity contribution in [3.63, 3.8) is 0 Å². The first-order chi connectivity index (χ1) is 3.72. The Labute approximate surface area is 49.4 Å². The van der Waals surface area contributed by atoms with Gasteiger partial charge in [-0.05, 0) is 0 Å². The van der Waals surface area contributed by atoms with Crippen LogP contribution in [0.2, 0.25) is 0 Å². The van der Waals surface area contributed by atoms with Gasteiger partial charge in [0.25, 0.3) is 0 Å². The summed E-state index contributed by atoms with van der Waals surface area (Å²) in [5, 5.41) is 0. The topological polar surface area (TPSA) is 78.6 Å². The lowest BCUT2D eigenvalue weighted by Gasteiger charge is -1.88. The van der Waals surface area contributed by atoms with Crippen molar-refractivity contribution in [2.45, 2.75) is 0 Å². The van der Waals surface area contributed by atoms with Gasteiger partial charge in [-0.15, -0.1) is 0 Å². The number of nitrogens with two attached hydrogens (primary N) is 1. The number of rotatable bonds is 0. The molecule has 0 aliphatic heterocycles. The monoisotopic (exact) mass is 139 g/mol. The van der Waals surface area contributed by atoms with E-state index in [0.29, 0.717) is 0 Å². The molecule has 0 saturated heterocycles. The normalized spacial score (nSPS) is 7.75. The van der Waals surface area contributed by atoms with Crippen molar-refractivity contribution in [1.29, 1.82) is 0 Å².